The van der Waals surface area contributed by atoms with Crippen molar-refractivity contribution >= 4 is 15.7 Å². The van der Waals surface area contributed by atoms with E-state index in [1.165, 1.54) is 6.26 Å². The van der Waals surface area contributed by atoms with Crippen molar-refractivity contribution in [3.8, 4) is 0 Å². The molecule has 2 aliphatic rings. The molecule has 1 aromatic heterocycles. The maximum Gasteiger partial charge on any atom is 0.225 e. The van der Waals surface area contributed by atoms with Crippen LogP contribution in [0.4, 0.5) is 0 Å². The molecule has 1 aliphatic heterocycles. The fourth-order valence-corrected chi connectivity index (χ4v) is 3.76. The standard InChI is InChI=1S/C12H15NO4S/c14-12(9-3-4-9)13-6-11(7-13)18(15,16)8-10-2-1-5-17-10/h1-2,5,9,11H,3-4,6-8H2. The predicted molar refractivity (Wildman–Crippen MR) is 64.4 cm³/mol. The summed E-state index contributed by atoms with van der Waals surface area (Å²) >= 11 is 0. The third kappa shape index (κ3) is 2.16. The average Bonchev–Trinajstić information content (AvgIpc) is 2.96. The van der Waals surface area contributed by atoms with Gasteiger partial charge < -0.3 is 9.32 Å². The monoisotopic (exact) mass is 269 g/mol. The van der Waals surface area contributed by atoms with Gasteiger partial charge in [-0.15, -0.1) is 0 Å². The maximum absolute atomic E-state index is 12.0. The van der Waals surface area contributed by atoms with E-state index in [2.05, 4.69) is 0 Å². The number of furan rings is 1. The summed E-state index contributed by atoms with van der Waals surface area (Å²) in [5.74, 6) is 0.677. The molecule has 0 radical (unpaired) electrons. The minimum atomic E-state index is -3.21. The number of nitrogens with zero attached hydrogens (tertiary/aromatic N) is 1. The quantitative estimate of drug-likeness (QED) is 0.811. The summed E-state index contributed by atoms with van der Waals surface area (Å²) in [7, 11) is -3.21. The molecule has 1 aliphatic carbocycles. The zero-order valence-electron chi connectivity index (χ0n) is 9.91. The molecule has 0 atom stereocenters. The van der Waals surface area contributed by atoms with Crippen LogP contribution in [0, 0.1) is 5.92 Å². The van der Waals surface area contributed by atoms with Gasteiger partial charge in [0.25, 0.3) is 0 Å². The molecule has 6 heteroatoms. The maximum atomic E-state index is 12.0. The van der Waals surface area contributed by atoms with Gasteiger partial charge in [-0.1, -0.05) is 0 Å². The van der Waals surface area contributed by atoms with Gasteiger partial charge in [0.1, 0.15) is 11.5 Å². The lowest BCUT2D eigenvalue weighted by molar-refractivity contribution is -0.135. The Morgan fingerprint density at radius 3 is 2.67 bits per heavy atom. The molecule has 1 aromatic rings. The molecule has 0 N–H and O–H groups in total. The van der Waals surface area contributed by atoms with Crippen LogP contribution < -0.4 is 0 Å². The second kappa shape index (κ2) is 4.12. The number of amides is 1. The van der Waals surface area contributed by atoms with Crippen molar-refractivity contribution in [1.29, 1.82) is 0 Å². The average molecular weight is 269 g/mol. The molecule has 1 amide bonds. The van der Waals surface area contributed by atoms with Gasteiger partial charge in [-0.2, -0.15) is 0 Å². The molecular weight excluding hydrogens is 254 g/mol. The van der Waals surface area contributed by atoms with Crippen LogP contribution in [-0.4, -0.2) is 37.6 Å². The highest BCUT2D eigenvalue weighted by Gasteiger charge is 2.43. The van der Waals surface area contributed by atoms with Crippen molar-refractivity contribution in [3.63, 3.8) is 0 Å². The van der Waals surface area contributed by atoms with Crippen LogP contribution in [0.25, 0.3) is 0 Å². The van der Waals surface area contributed by atoms with E-state index in [0.29, 0.717) is 18.8 Å². The summed E-state index contributed by atoms with van der Waals surface area (Å²) in [5, 5.41) is -0.426. The van der Waals surface area contributed by atoms with Gasteiger partial charge in [-0.3, -0.25) is 4.79 Å². The SMILES string of the molecule is O=C(C1CC1)N1CC(S(=O)(=O)Cc2ccco2)C1. The first-order valence-corrected chi connectivity index (χ1v) is 7.80. The van der Waals surface area contributed by atoms with Crippen LogP contribution in [0.2, 0.25) is 0 Å². The molecule has 1 saturated heterocycles. The summed E-state index contributed by atoms with van der Waals surface area (Å²) in [5.41, 5.74) is 0. The highest BCUT2D eigenvalue weighted by molar-refractivity contribution is 7.91. The van der Waals surface area contributed by atoms with E-state index in [4.69, 9.17) is 4.42 Å². The number of carbonyl (C=O) groups excluding carboxylic acids is 1. The lowest BCUT2D eigenvalue weighted by Gasteiger charge is -2.38. The largest absolute Gasteiger partial charge is 0.468 e. The van der Waals surface area contributed by atoms with Gasteiger partial charge in [0.2, 0.25) is 5.91 Å². The van der Waals surface area contributed by atoms with E-state index in [9.17, 15) is 13.2 Å². The smallest absolute Gasteiger partial charge is 0.225 e. The predicted octanol–water partition coefficient (Wildman–Crippen LogP) is 0.815. The second-order valence-corrected chi connectivity index (χ2v) is 7.31. The Morgan fingerprint density at radius 1 is 1.39 bits per heavy atom. The molecule has 0 unspecified atom stereocenters. The Hall–Kier alpha value is -1.30. The minimum Gasteiger partial charge on any atom is -0.468 e. The molecule has 1 saturated carbocycles. The Bertz CT molecular complexity index is 539. The van der Waals surface area contributed by atoms with Gasteiger partial charge in [0.05, 0.1) is 11.5 Å². The van der Waals surface area contributed by atoms with E-state index in [1.807, 2.05) is 0 Å². The zero-order chi connectivity index (χ0) is 12.8. The molecule has 0 spiro atoms. The summed E-state index contributed by atoms with van der Waals surface area (Å²) in [6.45, 7) is 0.691. The number of hydrogen-bond acceptors (Lipinski definition) is 4. The second-order valence-electron chi connectivity index (χ2n) is 5.03. The molecule has 18 heavy (non-hydrogen) atoms. The van der Waals surface area contributed by atoms with E-state index < -0.39 is 15.1 Å². The highest BCUT2D eigenvalue weighted by atomic mass is 32.2. The minimum absolute atomic E-state index is 0.0733. The molecule has 0 bridgehead atoms. The third-order valence-electron chi connectivity index (χ3n) is 3.52. The topological polar surface area (TPSA) is 67.6 Å². The Balaban J connectivity index is 1.58. The van der Waals surface area contributed by atoms with Crippen molar-refractivity contribution in [3.05, 3.63) is 24.2 Å². The summed E-state index contributed by atoms with van der Waals surface area (Å²) in [6, 6.07) is 3.33. The third-order valence-corrected chi connectivity index (χ3v) is 5.52. The lowest BCUT2D eigenvalue weighted by Crippen LogP contribution is -2.57. The fourth-order valence-electron chi connectivity index (χ4n) is 2.14. The van der Waals surface area contributed by atoms with E-state index in [-0.39, 0.29) is 17.6 Å². The summed E-state index contributed by atoms with van der Waals surface area (Å²) in [4.78, 5) is 13.3. The van der Waals surface area contributed by atoms with Gasteiger partial charge in [-0.25, -0.2) is 8.42 Å². The van der Waals surface area contributed by atoms with Gasteiger partial charge in [-0.05, 0) is 25.0 Å². The van der Waals surface area contributed by atoms with Crippen LogP contribution in [0.15, 0.2) is 22.8 Å². The zero-order valence-corrected chi connectivity index (χ0v) is 10.7. The van der Waals surface area contributed by atoms with Gasteiger partial charge in [0, 0.05) is 19.0 Å². The van der Waals surface area contributed by atoms with Crippen LogP contribution in [0.5, 0.6) is 0 Å². The van der Waals surface area contributed by atoms with Crippen LogP contribution in [0.1, 0.15) is 18.6 Å². The number of hydrogen-bond donors (Lipinski definition) is 0. The molecule has 2 fully saturated rings. The number of rotatable bonds is 4. The number of likely N-dealkylation sites (tertiary alicyclic amines) is 1. The Labute approximate surface area is 106 Å². The van der Waals surface area contributed by atoms with Gasteiger partial charge in [0.15, 0.2) is 9.84 Å². The van der Waals surface area contributed by atoms with E-state index in [1.54, 1.807) is 17.0 Å². The summed E-state index contributed by atoms with van der Waals surface area (Å²) < 4.78 is 29.1. The number of carbonyl (C=O) groups is 1. The van der Waals surface area contributed by atoms with Crippen LogP contribution >= 0.6 is 0 Å². The summed E-state index contributed by atoms with van der Waals surface area (Å²) in [6.07, 6.45) is 3.38. The van der Waals surface area contributed by atoms with Crippen molar-refractivity contribution in [2.24, 2.45) is 5.92 Å². The van der Waals surface area contributed by atoms with Crippen molar-refractivity contribution < 1.29 is 17.6 Å². The van der Waals surface area contributed by atoms with Crippen molar-refractivity contribution in [1.82, 2.24) is 4.90 Å². The van der Waals surface area contributed by atoms with Crippen LogP contribution in [0.3, 0.4) is 0 Å². The first kappa shape index (κ1) is 11.8. The molecule has 5 nitrogen and oxygen atoms in total. The first-order chi connectivity index (χ1) is 8.56. The van der Waals surface area contributed by atoms with E-state index in [0.717, 1.165) is 12.8 Å². The molecule has 0 aromatic carbocycles. The Kier molecular flexibility index (Phi) is 2.69. The Morgan fingerprint density at radius 2 is 2.11 bits per heavy atom. The molecule has 2 heterocycles. The molecule has 3 rings (SSSR count). The normalized spacial score (nSPS) is 20.8. The van der Waals surface area contributed by atoms with Crippen LogP contribution in [-0.2, 0) is 20.4 Å². The number of sulfone groups is 1. The highest BCUT2D eigenvalue weighted by Crippen LogP contribution is 2.33. The van der Waals surface area contributed by atoms with Crippen molar-refractivity contribution in [2.75, 3.05) is 13.1 Å². The van der Waals surface area contributed by atoms with E-state index >= 15 is 0 Å². The molecule has 98 valence electrons. The fraction of sp³-hybridized carbons (Fsp3) is 0.583. The lowest BCUT2D eigenvalue weighted by atomic mass is 10.2. The molecular formula is C12H15NO4S. The van der Waals surface area contributed by atoms with Gasteiger partial charge >= 0.3 is 0 Å². The van der Waals surface area contributed by atoms with Crippen molar-refractivity contribution in [2.45, 2.75) is 23.8 Å². The first-order valence-electron chi connectivity index (χ1n) is 6.09.